The highest BCUT2D eigenvalue weighted by molar-refractivity contribution is 6.31. The standard InChI is InChI=1S/C20H21Cl2N3O3/c1-2-10-28-18-7-6-16(22)11-14(18)13-23-25-20(27)9-8-19(26)24-17-5-3-4-15(21)12-17/h3-7,11-13H,2,8-10H2,1H3,(H,24,26)(H,25,27). The number of carbonyl (C=O) groups is 2. The van der Waals surface area contributed by atoms with Crippen molar-refractivity contribution in [3.05, 3.63) is 58.1 Å². The van der Waals surface area contributed by atoms with Crippen molar-refractivity contribution in [3.8, 4) is 5.75 Å². The number of hydrazone groups is 1. The second kappa shape index (κ2) is 11.3. The average molecular weight is 422 g/mol. The molecule has 0 aromatic heterocycles. The van der Waals surface area contributed by atoms with Gasteiger partial charge in [-0.15, -0.1) is 0 Å². The fourth-order valence-corrected chi connectivity index (χ4v) is 2.58. The number of carbonyl (C=O) groups excluding carboxylic acids is 2. The molecule has 0 radical (unpaired) electrons. The van der Waals surface area contributed by atoms with E-state index >= 15 is 0 Å². The van der Waals surface area contributed by atoms with Crippen molar-refractivity contribution in [1.29, 1.82) is 0 Å². The number of anilines is 1. The Morgan fingerprint density at radius 1 is 1.07 bits per heavy atom. The first-order valence-electron chi connectivity index (χ1n) is 8.77. The Kier molecular flexibility index (Phi) is 8.78. The SMILES string of the molecule is CCCOc1ccc(Cl)cc1C=NNC(=O)CCC(=O)Nc1cccc(Cl)c1. The maximum absolute atomic E-state index is 11.9. The zero-order valence-electron chi connectivity index (χ0n) is 15.4. The number of hydrogen-bond donors (Lipinski definition) is 2. The number of amides is 2. The van der Waals surface area contributed by atoms with Gasteiger partial charge in [-0.3, -0.25) is 9.59 Å². The van der Waals surface area contributed by atoms with Gasteiger partial charge in [-0.1, -0.05) is 36.2 Å². The smallest absolute Gasteiger partial charge is 0.240 e. The van der Waals surface area contributed by atoms with Gasteiger partial charge in [-0.25, -0.2) is 5.43 Å². The molecule has 0 aliphatic heterocycles. The predicted molar refractivity (Wildman–Crippen MR) is 112 cm³/mol. The predicted octanol–water partition coefficient (Wildman–Crippen LogP) is 4.65. The van der Waals surface area contributed by atoms with Gasteiger partial charge in [0.1, 0.15) is 5.75 Å². The van der Waals surface area contributed by atoms with Crippen LogP contribution in [0, 0.1) is 0 Å². The molecule has 8 heteroatoms. The van der Waals surface area contributed by atoms with Crippen molar-refractivity contribution < 1.29 is 14.3 Å². The summed E-state index contributed by atoms with van der Waals surface area (Å²) in [5, 5.41) is 7.65. The molecule has 148 valence electrons. The van der Waals surface area contributed by atoms with Gasteiger partial charge in [0.2, 0.25) is 11.8 Å². The molecule has 0 saturated heterocycles. The van der Waals surface area contributed by atoms with Crippen molar-refractivity contribution in [2.75, 3.05) is 11.9 Å². The molecule has 0 unspecified atom stereocenters. The monoisotopic (exact) mass is 421 g/mol. The van der Waals surface area contributed by atoms with Crippen LogP contribution in [0.25, 0.3) is 0 Å². The molecular weight excluding hydrogens is 401 g/mol. The van der Waals surface area contributed by atoms with Gasteiger partial charge in [-0.05, 0) is 42.8 Å². The molecule has 28 heavy (non-hydrogen) atoms. The highest BCUT2D eigenvalue weighted by Gasteiger charge is 2.07. The fourth-order valence-electron chi connectivity index (χ4n) is 2.21. The first kappa shape index (κ1) is 21.7. The Morgan fingerprint density at radius 3 is 2.57 bits per heavy atom. The molecule has 2 amide bonds. The quantitative estimate of drug-likeness (QED) is 0.456. The van der Waals surface area contributed by atoms with Crippen molar-refractivity contribution >= 4 is 46.9 Å². The van der Waals surface area contributed by atoms with E-state index in [1.165, 1.54) is 6.21 Å². The third-order valence-electron chi connectivity index (χ3n) is 3.51. The van der Waals surface area contributed by atoms with Gasteiger partial charge >= 0.3 is 0 Å². The maximum Gasteiger partial charge on any atom is 0.240 e. The number of hydrogen-bond acceptors (Lipinski definition) is 4. The van der Waals surface area contributed by atoms with Gasteiger partial charge < -0.3 is 10.1 Å². The molecule has 0 aliphatic rings. The van der Waals surface area contributed by atoms with Crippen LogP contribution in [0.4, 0.5) is 5.69 Å². The van der Waals surface area contributed by atoms with Gasteiger partial charge in [0, 0.05) is 34.1 Å². The summed E-state index contributed by atoms with van der Waals surface area (Å²) in [5.41, 5.74) is 3.63. The summed E-state index contributed by atoms with van der Waals surface area (Å²) in [4.78, 5) is 23.8. The van der Waals surface area contributed by atoms with Gasteiger partial charge in [0.05, 0.1) is 12.8 Å². The van der Waals surface area contributed by atoms with Gasteiger partial charge in [-0.2, -0.15) is 5.10 Å². The van der Waals surface area contributed by atoms with Crippen molar-refractivity contribution in [2.24, 2.45) is 5.10 Å². The van der Waals surface area contributed by atoms with Crippen LogP contribution in [-0.2, 0) is 9.59 Å². The van der Waals surface area contributed by atoms with Crippen LogP contribution in [0.1, 0.15) is 31.7 Å². The van der Waals surface area contributed by atoms with E-state index in [9.17, 15) is 9.59 Å². The second-order valence-electron chi connectivity index (χ2n) is 5.88. The van der Waals surface area contributed by atoms with E-state index in [0.717, 1.165) is 6.42 Å². The van der Waals surface area contributed by atoms with Crippen LogP contribution in [-0.4, -0.2) is 24.6 Å². The van der Waals surface area contributed by atoms with Crippen LogP contribution in [0.15, 0.2) is 47.6 Å². The van der Waals surface area contributed by atoms with Crippen LogP contribution in [0.5, 0.6) is 5.75 Å². The summed E-state index contributed by atoms with van der Waals surface area (Å²) in [5.74, 6) is -0.0350. The van der Waals surface area contributed by atoms with E-state index in [0.29, 0.717) is 33.7 Å². The summed E-state index contributed by atoms with van der Waals surface area (Å²) in [6.07, 6.45) is 2.35. The number of ether oxygens (including phenoxy) is 1. The average Bonchev–Trinajstić information content (AvgIpc) is 2.66. The van der Waals surface area contributed by atoms with Gasteiger partial charge in [0.15, 0.2) is 0 Å². The maximum atomic E-state index is 11.9. The zero-order chi connectivity index (χ0) is 20.4. The molecule has 2 aromatic rings. The normalized spacial score (nSPS) is 10.7. The number of nitrogens with zero attached hydrogens (tertiary/aromatic N) is 1. The Morgan fingerprint density at radius 2 is 1.82 bits per heavy atom. The van der Waals surface area contributed by atoms with Crippen molar-refractivity contribution in [1.82, 2.24) is 5.43 Å². The minimum atomic E-state index is -0.379. The van der Waals surface area contributed by atoms with E-state index in [-0.39, 0.29) is 24.7 Å². The van der Waals surface area contributed by atoms with Crippen LogP contribution < -0.4 is 15.5 Å². The summed E-state index contributed by atoms with van der Waals surface area (Å²) >= 11 is 11.9. The Hall–Kier alpha value is -2.57. The first-order chi connectivity index (χ1) is 13.5. The molecule has 0 fully saturated rings. The Labute approximate surface area is 173 Å². The molecule has 0 aliphatic carbocycles. The summed E-state index contributed by atoms with van der Waals surface area (Å²) in [7, 11) is 0. The topological polar surface area (TPSA) is 79.8 Å². The molecule has 6 nitrogen and oxygen atoms in total. The summed E-state index contributed by atoms with van der Waals surface area (Å²) in [6, 6.07) is 12.0. The highest BCUT2D eigenvalue weighted by atomic mass is 35.5. The minimum absolute atomic E-state index is 0.00151. The molecule has 0 spiro atoms. The number of benzene rings is 2. The van der Waals surface area contributed by atoms with E-state index in [2.05, 4.69) is 15.8 Å². The highest BCUT2D eigenvalue weighted by Crippen LogP contribution is 2.21. The zero-order valence-corrected chi connectivity index (χ0v) is 16.9. The number of halogens is 2. The molecule has 0 bridgehead atoms. The summed E-state index contributed by atoms with van der Waals surface area (Å²) < 4.78 is 5.62. The van der Waals surface area contributed by atoms with E-state index in [1.54, 1.807) is 42.5 Å². The van der Waals surface area contributed by atoms with Crippen LogP contribution >= 0.6 is 23.2 Å². The van der Waals surface area contributed by atoms with Crippen LogP contribution in [0.2, 0.25) is 10.0 Å². The first-order valence-corrected chi connectivity index (χ1v) is 9.53. The third-order valence-corrected chi connectivity index (χ3v) is 3.98. The molecular formula is C20H21Cl2N3O3. The van der Waals surface area contributed by atoms with E-state index < -0.39 is 0 Å². The third kappa shape index (κ3) is 7.58. The Bertz CT molecular complexity index is 856. The van der Waals surface area contributed by atoms with E-state index in [1.807, 2.05) is 6.92 Å². The minimum Gasteiger partial charge on any atom is -0.493 e. The lowest BCUT2D eigenvalue weighted by molar-refractivity contribution is -0.124. The summed E-state index contributed by atoms with van der Waals surface area (Å²) in [6.45, 7) is 2.57. The fraction of sp³-hybridized carbons (Fsp3) is 0.250. The van der Waals surface area contributed by atoms with E-state index in [4.69, 9.17) is 27.9 Å². The lowest BCUT2D eigenvalue weighted by Crippen LogP contribution is -2.20. The molecule has 0 saturated carbocycles. The largest absolute Gasteiger partial charge is 0.493 e. The molecule has 0 atom stereocenters. The number of rotatable bonds is 9. The second-order valence-corrected chi connectivity index (χ2v) is 6.76. The van der Waals surface area contributed by atoms with Crippen LogP contribution in [0.3, 0.4) is 0 Å². The lowest BCUT2D eigenvalue weighted by Gasteiger charge is -2.08. The number of nitrogens with one attached hydrogen (secondary N) is 2. The Balaban J connectivity index is 1.82. The molecule has 2 N–H and O–H groups in total. The van der Waals surface area contributed by atoms with Crippen molar-refractivity contribution in [2.45, 2.75) is 26.2 Å². The van der Waals surface area contributed by atoms with Crippen molar-refractivity contribution in [3.63, 3.8) is 0 Å². The lowest BCUT2D eigenvalue weighted by atomic mass is 10.2. The molecule has 0 heterocycles. The van der Waals surface area contributed by atoms with Gasteiger partial charge in [0.25, 0.3) is 0 Å². The molecule has 2 aromatic carbocycles. The molecule has 2 rings (SSSR count).